The van der Waals surface area contributed by atoms with E-state index in [0.717, 1.165) is 5.56 Å². The Kier molecular flexibility index (Phi) is 3.12. The van der Waals surface area contributed by atoms with Gasteiger partial charge in [0.1, 0.15) is 5.82 Å². The quantitative estimate of drug-likeness (QED) is 0.696. The Morgan fingerprint density at radius 3 is 2.75 bits per heavy atom. The van der Waals surface area contributed by atoms with Crippen molar-refractivity contribution < 1.29 is 4.39 Å². The topological polar surface area (TPSA) is 23.8 Å². The molecule has 0 aromatic heterocycles. The standard InChI is InChI=1S/C9H8FNS/c10-8-4-7(2-1-3-11)5-9(12)6-8/h4-6,12H,1-2H2. The average Bonchev–Trinajstić information content (AvgIpc) is 1.99. The van der Waals surface area contributed by atoms with Crippen molar-refractivity contribution in [2.45, 2.75) is 17.7 Å². The van der Waals surface area contributed by atoms with Crippen LogP contribution in [0.3, 0.4) is 0 Å². The summed E-state index contributed by atoms with van der Waals surface area (Å²) in [6.45, 7) is 0. The summed E-state index contributed by atoms with van der Waals surface area (Å²) >= 11 is 4.02. The van der Waals surface area contributed by atoms with Gasteiger partial charge in [0, 0.05) is 11.3 Å². The Balaban J connectivity index is 2.80. The molecule has 0 radical (unpaired) electrons. The number of benzene rings is 1. The molecule has 62 valence electrons. The van der Waals surface area contributed by atoms with E-state index in [-0.39, 0.29) is 5.82 Å². The number of halogens is 1. The molecule has 1 aromatic rings. The molecule has 1 nitrogen and oxygen atoms in total. The third-order valence-corrected chi connectivity index (χ3v) is 1.73. The maximum absolute atomic E-state index is 12.7. The maximum atomic E-state index is 12.7. The number of nitrogens with zero attached hydrogens (tertiary/aromatic N) is 1. The molecule has 0 atom stereocenters. The Hall–Kier alpha value is -1.01. The first-order valence-electron chi connectivity index (χ1n) is 3.58. The summed E-state index contributed by atoms with van der Waals surface area (Å²) in [6.07, 6.45) is 0.999. The van der Waals surface area contributed by atoms with Gasteiger partial charge in [-0.25, -0.2) is 4.39 Å². The fraction of sp³-hybridized carbons (Fsp3) is 0.222. The van der Waals surface area contributed by atoms with Crippen LogP contribution in [0.2, 0.25) is 0 Å². The van der Waals surface area contributed by atoms with E-state index < -0.39 is 0 Å². The van der Waals surface area contributed by atoms with E-state index in [4.69, 9.17) is 5.26 Å². The van der Waals surface area contributed by atoms with E-state index >= 15 is 0 Å². The van der Waals surface area contributed by atoms with Gasteiger partial charge in [0.15, 0.2) is 0 Å². The third kappa shape index (κ3) is 2.55. The minimum atomic E-state index is -0.296. The van der Waals surface area contributed by atoms with Gasteiger partial charge in [0.05, 0.1) is 6.07 Å². The van der Waals surface area contributed by atoms with Crippen LogP contribution < -0.4 is 0 Å². The molecule has 3 heteroatoms. The van der Waals surface area contributed by atoms with Gasteiger partial charge in [0.2, 0.25) is 0 Å². The van der Waals surface area contributed by atoms with E-state index in [1.165, 1.54) is 12.1 Å². The van der Waals surface area contributed by atoms with Gasteiger partial charge >= 0.3 is 0 Å². The van der Waals surface area contributed by atoms with E-state index in [2.05, 4.69) is 12.6 Å². The molecule has 0 N–H and O–H groups in total. The first-order chi connectivity index (χ1) is 5.72. The Morgan fingerprint density at radius 2 is 2.17 bits per heavy atom. The lowest BCUT2D eigenvalue weighted by molar-refractivity contribution is 0.621. The Bertz CT molecular complexity index is 297. The first-order valence-corrected chi connectivity index (χ1v) is 4.02. The third-order valence-electron chi connectivity index (χ3n) is 1.47. The molecule has 0 aliphatic heterocycles. The van der Waals surface area contributed by atoms with Crippen LogP contribution in [0.15, 0.2) is 23.1 Å². The minimum Gasteiger partial charge on any atom is -0.207 e. The van der Waals surface area contributed by atoms with E-state index in [1.54, 1.807) is 6.07 Å². The highest BCUT2D eigenvalue weighted by Gasteiger charge is 1.97. The molecule has 0 aliphatic carbocycles. The summed E-state index contributed by atoms with van der Waals surface area (Å²) in [6, 6.07) is 6.55. The van der Waals surface area contributed by atoms with Crippen molar-refractivity contribution >= 4 is 12.6 Å². The number of thiol groups is 1. The molecular formula is C9H8FNS. The smallest absolute Gasteiger partial charge is 0.124 e. The number of hydrogen-bond donors (Lipinski definition) is 1. The monoisotopic (exact) mass is 181 g/mol. The van der Waals surface area contributed by atoms with E-state index in [1.807, 2.05) is 6.07 Å². The summed E-state index contributed by atoms with van der Waals surface area (Å²) in [5, 5.41) is 8.30. The molecule has 0 unspecified atom stereocenters. The van der Waals surface area contributed by atoms with Crippen LogP contribution in [0.1, 0.15) is 12.0 Å². The fourth-order valence-corrected chi connectivity index (χ4v) is 1.27. The molecule has 0 aliphatic rings. The molecule has 0 fully saturated rings. The number of hydrogen-bond acceptors (Lipinski definition) is 2. The number of nitriles is 1. The van der Waals surface area contributed by atoms with Crippen LogP contribution in [-0.2, 0) is 6.42 Å². The molecule has 0 heterocycles. The van der Waals surface area contributed by atoms with Crippen molar-refractivity contribution in [3.8, 4) is 6.07 Å². The Morgan fingerprint density at radius 1 is 1.42 bits per heavy atom. The number of aryl methyl sites for hydroxylation is 1. The lowest BCUT2D eigenvalue weighted by atomic mass is 10.1. The first kappa shape index (κ1) is 9.08. The highest BCUT2D eigenvalue weighted by molar-refractivity contribution is 7.80. The van der Waals surface area contributed by atoms with Gasteiger partial charge in [-0.05, 0) is 30.2 Å². The van der Waals surface area contributed by atoms with Crippen molar-refractivity contribution in [1.82, 2.24) is 0 Å². The van der Waals surface area contributed by atoms with Crippen molar-refractivity contribution in [1.29, 1.82) is 5.26 Å². The van der Waals surface area contributed by atoms with Gasteiger partial charge in [-0.1, -0.05) is 0 Å². The normalized spacial score (nSPS) is 9.42. The molecule has 12 heavy (non-hydrogen) atoms. The molecule has 0 saturated heterocycles. The summed E-state index contributed by atoms with van der Waals surface area (Å²) in [5.41, 5.74) is 0.821. The summed E-state index contributed by atoms with van der Waals surface area (Å²) in [7, 11) is 0. The zero-order chi connectivity index (χ0) is 8.97. The summed E-state index contributed by atoms with van der Waals surface area (Å²) < 4.78 is 12.7. The Labute approximate surface area is 76.2 Å². The zero-order valence-electron chi connectivity index (χ0n) is 6.42. The van der Waals surface area contributed by atoms with Crippen molar-refractivity contribution in [3.05, 3.63) is 29.6 Å². The van der Waals surface area contributed by atoms with Crippen LogP contribution >= 0.6 is 12.6 Å². The lowest BCUT2D eigenvalue weighted by Gasteiger charge is -1.98. The molecule has 0 bridgehead atoms. The van der Waals surface area contributed by atoms with Crippen LogP contribution in [0, 0.1) is 17.1 Å². The minimum absolute atomic E-state index is 0.296. The van der Waals surface area contributed by atoms with Crippen LogP contribution in [0.4, 0.5) is 4.39 Å². The highest BCUT2D eigenvalue weighted by atomic mass is 32.1. The average molecular weight is 181 g/mol. The molecule has 0 spiro atoms. The van der Waals surface area contributed by atoms with Crippen molar-refractivity contribution in [3.63, 3.8) is 0 Å². The maximum Gasteiger partial charge on any atom is 0.124 e. The summed E-state index contributed by atoms with van der Waals surface area (Å²) in [5.74, 6) is -0.296. The van der Waals surface area contributed by atoms with Gasteiger partial charge in [-0.2, -0.15) is 5.26 Å². The van der Waals surface area contributed by atoms with E-state index in [9.17, 15) is 4.39 Å². The highest BCUT2D eigenvalue weighted by Crippen LogP contribution is 2.13. The van der Waals surface area contributed by atoms with Gasteiger partial charge in [-0.3, -0.25) is 0 Å². The fourth-order valence-electron chi connectivity index (χ4n) is 0.978. The van der Waals surface area contributed by atoms with Gasteiger partial charge in [-0.15, -0.1) is 12.6 Å². The number of rotatable bonds is 2. The van der Waals surface area contributed by atoms with Crippen molar-refractivity contribution in [2.75, 3.05) is 0 Å². The van der Waals surface area contributed by atoms with E-state index in [0.29, 0.717) is 17.7 Å². The van der Waals surface area contributed by atoms with Gasteiger partial charge in [0.25, 0.3) is 0 Å². The lowest BCUT2D eigenvalue weighted by Crippen LogP contribution is -1.85. The molecule has 0 saturated carbocycles. The largest absolute Gasteiger partial charge is 0.207 e. The van der Waals surface area contributed by atoms with Crippen LogP contribution in [0.5, 0.6) is 0 Å². The predicted octanol–water partition coefficient (Wildman–Crippen LogP) is 2.57. The second kappa shape index (κ2) is 4.13. The SMILES string of the molecule is N#CCCc1cc(F)cc(S)c1. The second-order valence-electron chi connectivity index (χ2n) is 2.48. The van der Waals surface area contributed by atoms with Crippen molar-refractivity contribution in [2.24, 2.45) is 0 Å². The zero-order valence-corrected chi connectivity index (χ0v) is 7.31. The second-order valence-corrected chi connectivity index (χ2v) is 2.99. The molecule has 0 amide bonds. The van der Waals surface area contributed by atoms with Gasteiger partial charge < -0.3 is 0 Å². The van der Waals surface area contributed by atoms with Crippen LogP contribution in [-0.4, -0.2) is 0 Å². The predicted molar refractivity (Wildman–Crippen MR) is 47.6 cm³/mol. The molecule has 1 aromatic carbocycles. The van der Waals surface area contributed by atoms with Crippen LogP contribution in [0.25, 0.3) is 0 Å². The molecule has 1 rings (SSSR count). The summed E-state index contributed by atoms with van der Waals surface area (Å²) in [4.78, 5) is 0.600. The molecular weight excluding hydrogens is 173 g/mol.